The van der Waals surface area contributed by atoms with E-state index in [1.807, 2.05) is 6.92 Å². The molecule has 1 aliphatic rings. The summed E-state index contributed by atoms with van der Waals surface area (Å²) in [6.07, 6.45) is 2.77. The lowest BCUT2D eigenvalue weighted by molar-refractivity contribution is 0.0697. The van der Waals surface area contributed by atoms with E-state index >= 15 is 0 Å². The number of urea groups is 1. The fraction of sp³-hybridized carbons (Fsp3) is 0.385. The Bertz CT molecular complexity index is 527. The number of carboxylic acids is 1. The Balaban J connectivity index is 2.14. The number of para-hydroxylation sites is 1. The molecule has 0 saturated heterocycles. The average Bonchev–Trinajstić information content (AvgIpc) is 2.29. The summed E-state index contributed by atoms with van der Waals surface area (Å²) in [4.78, 5) is 22.7. The van der Waals surface area contributed by atoms with Crippen molar-refractivity contribution in [2.45, 2.75) is 31.7 Å². The van der Waals surface area contributed by atoms with Gasteiger partial charge in [-0.25, -0.2) is 14.0 Å². The van der Waals surface area contributed by atoms with Crippen molar-refractivity contribution < 1.29 is 19.1 Å². The molecule has 5 nitrogen and oxygen atoms in total. The van der Waals surface area contributed by atoms with Gasteiger partial charge in [0.15, 0.2) is 0 Å². The van der Waals surface area contributed by atoms with Crippen LogP contribution in [0.2, 0.25) is 0 Å². The van der Waals surface area contributed by atoms with E-state index in [0.29, 0.717) is 0 Å². The van der Waals surface area contributed by atoms with E-state index in [4.69, 9.17) is 5.11 Å². The number of rotatable bonds is 3. The zero-order valence-electron chi connectivity index (χ0n) is 10.5. The number of hydrogen-bond acceptors (Lipinski definition) is 2. The number of aromatic carboxylic acids is 1. The van der Waals surface area contributed by atoms with Gasteiger partial charge < -0.3 is 15.7 Å². The van der Waals surface area contributed by atoms with Crippen molar-refractivity contribution >= 4 is 17.7 Å². The Morgan fingerprint density at radius 3 is 2.58 bits per heavy atom. The Morgan fingerprint density at radius 2 is 2.05 bits per heavy atom. The van der Waals surface area contributed by atoms with Crippen molar-refractivity contribution in [3.63, 3.8) is 0 Å². The lowest BCUT2D eigenvalue weighted by Crippen LogP contribution is -2.52. The fourth-order valence-corrected chi connectivity index (χ4v) is 2.08. The average molecular weight is 266 g/mol. The minimum absolute atomic E-state index is 0.270. The number of carbonyl (C=O) groups excluding carboxylic acids is 1. The number of hydrogen-bond donors (Lipinski definition) is 3. The minimum atomic E-state index is -1.29. The quantitative estimate of drug-likeness (QED) is 0.786. The molecular weight excluding hydrogens is 251 g/mol. The smallest absolute Gasteiger partial charge is 0.337 e. The molecule has 1 aromatic rings. The molecule has 1 aliphatic carbocycles. The van der Waals surface area contributed by atoms with Crippen LogP contribution < -0.4 is 10.6 Å². The molecule has 19 heavy (non-hydrogen) atoms. The van der Waals surface area contributed by atoms with Crippen molar-refractivity contribution in [3.8, 4) is 0 Å². The second kappa shape index (κ2) is 4.87. The second-order valence-corrected chi connectivity index (χ2v) is 4.96. The highest BCUT2D eigenvalue weighted by molar-refractivity contribution is 6.00. The van der Waals surface area contributed by atoms with Gasteiger partial charge in [0.05, 0.1) is 11.3 Å². The third-order valence-electron chi connectivity index (χ3n) is 3.35. The van der Waals surface area contributed by atoms with Gasteiger partial charge in [0.2, 0.25) is 0 Å². The summed E-state index contributed by atoms with van der Waals surface area (Å²) in [6, 6.07) is 3.05. The molecule has 3 N–H and O–H groups in total. The molecule has 2 rings (SSSR count). The zero-order chi connectivity index (χ0) is 14.0. The molecule has 2 amide bonds. The first-order valence-corrected chi connectivity index (χ1v) is 6.02. The highest BCUT2D eigenvalue weighted by Gasteiger charge is 2.33. The van der Waals surface area contributed by atoms with Gasteiger partial charge in [-0.1, -0.05) is 6.07 Å². The molecule has 0 aromatic heterocycles. The topological polar surface area (TPSA) is 78.4 Å². The Labute approximate surface area is 109 Å². The maximum absolute atomic E-state index is 13.6. The van der Waals surface area contributed by atoms with Gasteiger partial charge in [-0.2, -0.15) is 0 Å². The summed E-state index contributed by atoms with van der Waals surface area (Å²) in [7, 11) is 0. The first-order valence-electron chi connectivity index (χ1n) is 6.02. The number of halogens is 1. The molecule has 0 aliphatic heterocycles. The largest absolute Gasteiger partial charge is 0.478 e. The SMILES string of the molecule is CC1(NC(=O)Nc2c(F)cccc2C(=O)O)CCC1. The maximum Gasteiger partial charge on any atom is 0.337 e. The van der Waals surface area contributed by atoms with Crippen LogP contribution in [0.3, 0.4) is 0 Å². The number of anilines is 1. The van der Waals surface area contributed by atoms with Gasteiger partial charge >= 0.3 is 12.0 Å². The zero-order valence-corrected chi connectivity index (χ0v) is 10.5. The van der Waals surface area contributed by atoms with Gasteiger partial charge in [-0.15, -0.1) is 0 Å². The van der Waals surface area contributed by atoms with Gasteiger partial charge in [0.25, 0.3) is 0 Å². The molecule has 0 unspecified atom stereocenters. The summed E-state index contributed by atoms with van der Waals surface area (Å²) in [5.74, 6) is -2.06. The standard InChI is InChI=1S/C13H15FN2O3/c1-13(6-3-7-13)16-12(19)15-10-8(11(17)18)4-2-5-9(10)14/h2,4-5H,3,6-7H2,1H3,(H,17,18)(H2,15,16,19). The Kier molecular flexibility index (Phi) is 3.42. The van der Waals surface area contributed by atoms with E-state index in [-0.39, 0.29) is 16.8 Å². The van der Waals surface area contributed by atoms with E-state index < -0.39 is 17.8 Å². The highest BCUT2D eigenvalue weighted by Crippen LogP contribution is 2.31. The minimum Gasteiger partial charge on any atom is -0.478 e. The molecule has 0 bridgehead atoms. The van der Waals surface area contributed by atoms with Crippen LogP contribution in [0.5, 0.6) is 0 Å². The van der Waals surface area contributed by atoms with E-state index in [1.165, 1.54) is 12.1 Å². The van der Waals surface area contributed by atoms with Crippen LogP contribution in [0.4, 0.5) is 14.9 Å². The predicted molar refractivity (Wildman–Crippen MR) is 67.8 cm³/mol. The first-order chi connectivity index (χ1) is 8.91. The van der Waals surface area contributed by atoms with Crippen molar-refractivity contribution in [1.82, 2.24) is 5.32 Å². The van der Waals surface area contributed by atoms with Crippen molar-refractivity contribution in [2.24, 2.45) is 0 Å². The molecule has 1 aromatic carbocycles. The summed E-state index contributed by atoms with van der Waals surface area (Å²) < 4.78 is 13.6. The van der Waals surface area contributed by atoms with Crippen LogP contribution in [0.15, 0.2) is 18.2 Å². The van der Waals surface area contributed by atoms with Gasteiger partial charge in [0.1, 0.15) is 5.82 Å². The van der Waals surface area contributed by atoms with Crippen LogP contribution in [-0.4, -0.2) is 22.6 Å². The molecule has 1 saturated carbocycles. The third kappa shape index (κ3) is 2.83. The first kappa shape index (κ1) is 13.3. The summed E-state index contributed by atoms with van der Waals surface area (Å²) in [5.41, 5.74) is -0.858. The highest BCUT2D eigenvalue weighted by atomic mass is 19.1. The van der Waals surface area contributed by atoms with Gasteiger partial charge in [0, 0.05) is 5.54 Å². The summed E-state index contributed by atoms with van der Waals surface area (Å²) in [5, 5.41) is 14.0. The number of carbonyl (C=O) groups is 2. The monoisotopic (exact) mass is 266 g/mol. The van der Waals surface area contributed by atoms with E-state index in [0.717, 1.165) is 25.3 Å². The van der Waals surface area contributed by atoms with Crippen LogP contribution in [-0.2, 0) is 0 Å². The Hall–Kier alpha value is -2.11. The van der Waals surface area contributed by atoms with Gasteiger partial charge in [-0.3, -0.25) is 0 Å². The molecule has 102 valence electrons. The molecule has 0 radical (unpaired) electrons. The third-order valence-corrected chi connectivity index (χ3v) is 3.35. The number of carboxylic acid groups (broad SMARTS) is 1. The van der Waals surface area contributed by atoms with Gasteiger partial charge in [-0.05, 0) is 38.3 Å². The van der Waals surface area contributed by atoms with Crippen molar-refractivity contribution in [1.29, 1.82) is 0 Å². The second-order valence-electron chi connectivity index (χ2n) is 4.96. The number of nitrogens with one attached hydrogen (secondary N) is 2. The number of amides is 2. The summed E-state index contributed by atoms with van der Waals surface area (Å²) in [6.45, 7) is 1.90. The maximum atomic E-state index is 13.6. The lowest BCUT2D eigenvalue weighted by atomic mass is 9.79. The lowest BCUT2D eigenvalue weighted by Gasteiger charge is -2.39. The predicted octanol–water partition coefficient (Wildman–Crippen LogP) is 2.59. The normalized spacial score (nSPS) is 16.3. The molecule has 0 spiro atoms. The Morgan fingerprint density at radius 1 is 1.37 bits per heavy atom. The van der Waals surface area contributed by atoms with Crippen LogP contribution in [0.1, 0.15) is 36.5 Å². The van der Waals surface area contributed by atoms with Crippen molar-refractivity contribution in [2.75, 3.05) is 5.32 Å². The molecule has 0 atom stereocenters. The fourth-order valence-electron chi connectivity index (χ4n) is 2.08. The van der Waals surface area contributed by atoms with E-state index in [1.54, 1.807) is 0 Å². The van der Waals surface area contributed by atoms with E-state index in [2.05, 4.69) is 10.6 Å². The molecule has 1 fully saturated rings. The van der Waals surface area contributed by atoms with Crippen LogP contribution in [0.25, 0.3) is 0 Å². The van der Waals surface area contributed by atoms with Crippen molar-refractivity contribution in [3.05, 3.63) is 29.6 Å². The molecule has 6 heteroatoms. The van der Waals surface area contributed by atoms with Crippen LogP contribution in [0, 0.1) is 5.82 Å². The van der Waals surface area contributed by atoms with E-state index in [9.17, 15) is 14.0 Å². The van der Waals surface area contributed by atoms with Crippen LogP contribution >= 0.6 is 0 Å². The summed E-state index contributed by atoms with van der Waals surface area (Å²) >= 11 is 0. The molecular formula is C13H15FN2O3. The molecule has 0 heterocycles. The number of benzene rings is 1.